The van der Waals surface area contributed by atoms with Crippen molar-refractivity contribution in [2.24, 2.45) is 5.41 Å². The maximum Gasteiger partial charge on any atom is 0.254 e. The van der Waals surface area contributed by atoms with Crippen molar-refractivity contribution in [3.05, 3.63) is 68.4 Å². The van der Waals surface area contributed by atoms with Gasteiger partial charge in [-0.1, -0.05) is 32.4 Å². The number of aromatic hydroxyl groups is 1. The van der Waals surface area contributed by atoms with E-state index in [2.05, 4.69) is 10.1 Å². The predicted octanol–water partition coefficient (Wildman–Crippen LogP) is 4.33. The van der Waals surface area contributed by atoms with Gasteiger partial charge < -0.3 is 19.0 Å². The van der Waals surface area contributed by atoms with Crippen LogP contribution in [0.1, 0.15) is 41.0 Å². The number of thiophene rings is 1. The van der Waals surface area contributed by atoms with Crippen molar-refractivity contribution in [1.82, 2.24) is 19.3 Å². The molecule has 0 atom stereocenters. The number of ketones is 1. The van der Waals surface area contributed by atoms with Crippen LogP contribution in [0, 0.1) is 5.41 Å². The Morgan fingerprint density at radius 3 is 2.61 bits per heavy atom. The number of pyridine rings is 1. The quantitative estimate of drug-likeness (QED) is 0.351. The highest BCUT2D eigenvalue weighted by Gasteiger charge is 2.29. The average Bonchev–Trinajstić information content (AvgIpc) is 3.56. The van der Waals surface area contributed by atoms with E-state index in [1.54, 1.807) is 32.9 Å². The Morgan fingerprint density at radius 2 is 2.00 bits per heavy atom. The van der Waals surface area contributed by atoms with Crippen LogP contribution in [0.5, 0.6) is 5.75 Å². The van der Waals surface area contributed by atoms with Crippen molar-refractivity contribution in [3.8, 4) is 17.0 Å². The first-order valence-corrected chi connectivity index (χ1v) is 12.1. The lowest BCUT2D eigenvalue weighted by Gasteiger charge is -2.22. The summed E-state index contributed by atoms with van der Waals surface area (Å²) in [4.78, 5) is 44.8. The molecule has 0 spiro atoms. The van der Waals surface area contributed by atoms with Crippen molar-refractivity contribution in [1.29, 1.82) is 0 Å². The lowest BCUT2D eigenvalue weighted by Crippen LogP contribution is -2.31. The monoisotopic (exact) mass is 529 g/mol. The molecule has 0 saturated carbocycles. The Bertz CT molecular complexity index is 1480. The first kappa shape index (κ1) is 25.4. The van der Waals surface area contributed by atoms with Crippen molar-refractivity contribution in [3.63, 3.8) is 0 Å². The van der Waals surface area contributed by atoms with Crippen LogP contribution in [-0.4, -0.2) is 43.2 Å². The highest BCUT2D eigenvalue weighted by molar-refractivity contribution is 7.16. The van der Waals surface area contributed by atoms with Crippen molar-refractivity contribution in [2.45, 2.75) is 33.9 Å². The second-order valence-electron chi connectivity index (χ2n) is 9.24. The maximum atomic E-state index is 13.2. The second kappa shape index (κ2) is 9.75. The smallest absolute Gasteiger partial charge is 0.254 e. The molecule has 0 fully saturated rings. The maximum absolute atomic E-state index is 13.2. The largest absolute Gasteiger partial charge is 0.506 e. The first-order valence-electron chi connectivity index (χ1n) is 10.9. The van der Waals surface area contributed by atoms with Crippen LogP contribution in [0.4, 0.5) is 5.82 Å². The van der Waals surface area contributed by atoms with Crippen LogP contribution in [0.25, 0.3) is 11.3 Å². The molecule has 4 heterocycles. The normalized spacial score (nSPS) is 11.6. The summed E-state index contributed by atoms with van der Waals surface area (Å²) in [6, 6.07) is 6.53. The Hall–Kier alpha value is -3.70. The molecular formula is C24H24ClN5O5S. The van der Waals surface area contributed by atoms with E-state index in [4.69, 9.17) is 16.0 Å². The van der Waals surface area contributed by atoms with E-state index in [9.17, 15) is 19.5 Å². The molecular weight excluding hydrogens is 506 g/mol. The molecule has 4 aromatic rings. The molecule has 0 saturated heterocycles. The van der Waals surface area contributed by atoms with Gasteiger partial charge in [0.25, 0.3) is 11.5 Å². The van der Waals surface area contributed by atoms with Gasteiger partial charge in [0, 0.05) is 29.5 Å². The van der Waals surface area contributed by atoms with Crippen LogP contribution in [0.3, 0.4) is 0 Å². The topological polar surface area (TPSA) is 123 Å². The molecule has 0 radical (unpaired) electrons. The molecule has 4 rings (SSSR count). The third-order valence-electron chi connectivity index (χ3n) is 5.34. The van der Waals surface area contributed by atoms with E-state index in [1.807, 2.05) is 18.0 Å². The van der Waals surface area contributed by atoms with Gasteiger partial charge in [-0.25, -0.2) is 4.98 Å². The van der Waals surface area contributed by atoms with Gasteiger partial charge >= 0.3 is 0 Å². The number of anilines is 1. The molecule has 4 aromatic heterocycles. The van der Waals surface area contributed by atoms with Gasteiger partial charge in [-0.05, 0) is 12.1 Å². The van der Waals surface area contributed by atoms with Crippen LogP contribution in [0.2, 0.25) is 4.34 Å². The average molecular weight is 530 g/mol. The third kappa shape index (κ3) is 5.26. The Kier molecular flexibility index (Phi) is 6.87. The van der Waals surface area contributed by atoms with E-state index in [-0.39, 0.29) is 35.2 Å². The number of oxazole rings is 1. The summed E-state index contributed by atoms with van der Waals surface area (Å²) in [7, 11) is 1.81. The fourth-order valence-electron chi connectivity index (χ4n) is 3.47. The number of carbonyl (C=O) groups excluding carboxylic acids is 2. The number of aromatic nitrogens is 4. The molecule has 188 valence electrons. The summed E-state index contributed by atoms with van der Waals surface area (Å²) in [6.07, 6.45) is 3.53. The Balaban J connectivity index is 1.71. The van der Waals surface area contributed by atoms with Gasteiger partial charge in [-0.15, -0.1) is 11.3 Å². The fraction of sp³-hybridized carbons (Fsp3) is 0.292. The van der Waals surface area contributed by atoms with Gasteiger partial charge in [0.05, 0.1) is 41.1 Å². The highest BCUT2D eigenvalue weighted by atomic mass is 35.5. The zero-order valence-corrected chi connectivity index (χ0v) is 21.6. The molecule has 0 aliphatic carbocycles. The lowest BCUT2D eigenvalue weighted by atomic mass is 9.96. The number of carbonyl (C=O) groups is 2. The Labute approximate surface area is 215 Å². The number of rotatable bonds is 7. The number of halogens is 1. The molecule has 0 aliphatic heterocycles. The minimum Gasteiger partial charge on any atom is -0.506 e. The van der Waals surface area contributed by atoms with Crippen LogP contribution in [0.15, 0.2) is 52.3 Å². The number of nitrogens with zero attached hydrogens (tertiary/aromatic N) is 5. The summed E-state index contributed by atoms with van der Waals surface area (Å²) in [5.74, 6) is -0.514. The molecule has 0 aliphatic rings. The van der Waals surface area contributed by atoms with E-state index in [0.29, 0.717) is 16.7 Å². The summed E-state index contributed by atoms with van der Waals surface area (Å²) < 4.78 is 7.97. The van der Waals surface area contributed by atoms with E-state index in [1.165, 1.54) is 28.3 Å². The van der Waals surface area contributed by atoms with Crippen molar-refractivity contribution < 1.29 is 19.1 Å². The minimum absolute atomic E-state index is 0.00427. The van der Waals surface area contributed by atoms with Gasteiger partial charge in [0.1, 0.15) is 11.6 Å². The standard InChI is InChI=1S/C24H24ClN5O5S/c1-24(2,3)23(34)30-21(28(4)10-14-5-6-20(25)36-14)8-16(27-30)15-7-22(33)29(11-17(15)31)12-18(32)19-9-26-13-35-19/h5-9,11,13,31H,10,12H2,1-4H3. The Morgan fingerprint density at radius 1 is 1.25 bits per heavy atom. The highest BCUT2D eigenvalue weighted by Crippen LogP contribution is 2.32. The van der Waals surface area contributed by atoms with E-state index in [0.717, 1.165) is 22.0 Å². The van der Waals surface area contributed by atoms with Crippen molar-refractivity contribution >= 4 is 40.4 Å². The second-order valence-corrected chi connectivity index (χ2v) is 11.0. The van der Waals surface area contributed by atoms with Gasteiger partial charge in [0.2, 0.25) is 5.78 Å². The minimum atomic E-state index is -0.738. The SMILES string of the molecule is CN(Cc1ccc(Cl)s1)c1cc(-c2cc(=O)n(CC(=O)c3cnco3)cc2O)nn1C(=O)C(C)(C)C. The summed E-state index contributed by atoms with van der Waals surface area (Å²) in [5.41, 5.74) is -0.896. The van der Waals surface area contributed by atoms with Gasteiger partial charge in [-0.2, -0.15) is 9.78 Å². The predicted molar refractivity (Wildman–Crippen MR) is 136 cm³/mol. The molecule has 12 heteroatoms. The summed E-state index contributed by atoms with van der Waals surface area (Å²) in [5, 5.41) is 15.2. The summed E-state index contributed by atoms with van der Waals surface area (Å²) in [6.45, 7) is 5.48. The van der Waals surface area contributed by atoms with Crippen LogP contribution < -0.4 is 10.5 Å². The number of hydrogen-bond acceptors (Lipinski definition) is 9. The zero-order valence-electron chi connectivity index (χ0n) is 20.1. The van der Waals surface area contributed by atoms with Gasteiger partial charge in [0.15, 0.2) is 12.2 Å². The molecule has 1 N–H and O–H groups in total. The third-order valence-corrected chi connectivity index (χ3v) is 6.56. The van der Waals surface area contributed by atoms with E-state index < -0.39 is 16.8 Å². The number of hydrogen-bond donors (Lipinski definition) is 1. The van der Waals surface area contributed by atoms with Gasteiger partial charge in [-0.3, -0.25) is 14.4 Å². The van der Waals surface area contributed by atoms with E-state index >= 15 is 0 Å². The fourth-order valence-corrected chi connectivity index (χ4v) is 4.61. The molecule has 0 amide bonds. The lowest BCUT2D eigenvalue weighted by molar-refractivity contribution is 0.0751. The molecule has 36 heavy (non-hydrogen) atoms. The first-order chi connectivity index (χ1) is 16.9. The molecule has 0 bridgehead atoms. The molecule has 0 aromatic carbocycles. The summed E-state index contributed by atoms with van der Waals surface area (Å²) >= 11 is 7.49. The zero-order chi connectivity index (χ0) is 26.2. The van der Waals surface area contributed by atoms with Crippen LogP contribution >= 0.6 is 22.9 Å². The molecule has 0 unspecified atom stereocenters. The molecule has 10 nitrogen and oxygen atoms in total. The van der Waals surface area contributed by atoms with Crippen molar-refractivity contribution in [2.75, 3.05) is 11.9 Å². The van der Waals surface area contributed by atoms with Crippen LogP contribution in [-0.2, 0) is 13.1 Å². The number of Topliss-reactive ketones (excluding diaryl/α,β-unsaturated/α-hetero) is 1.